The van der Waals surface area contributed by atoms with Crippen LogP contribution in [0.3, 0.4) is 0 Å². The molecule has 0 spiro atoms. The third kappa shape index (κ3) is 9.12. The van der Waals surface area contributed by atoms with Crippen LogP contribution in [-0.2, 0) is 4.79 Å². The maximum atomic E-state index is 10.3. The van der Waals surface area contributed by atoms with Gasteiger partial charge in [-0.05, 0) is 19.8 Å². The predicted octanol–water partition coefficient (Wildman–Crippen LogP) is 3.38. The minimum absolute atomic E-state index is 0.188. The van der Waals surface area contributed by atoms with Gasteiger partial charge in [0, 0.05) is 0 Å². The van der Waals surface area contributed by atoms with E-state index in [0.717, 1.165) is 12.0 Å². The summed E-state index contributed by atoms with van der Waals surface area (Å²) in [5.41, 5.74) is 0.976. The van der Waals surface area contributed by atoms with E-state index in [1.54, 1.807) is 0 Å². The summed E-state index contributed by atoms with van der Waals surface area (Å²) in [6.07, 6.45) is 8.23. The van der Waals surface area contributed by atoms with Crippen LogP contribution >= 0.6 is 0 Å². The van der Waals surface area contributed by atoms with E-state index in [2.05, 4.69) is 6.92 Å². The van der Waals surface area contributed by atoms with Crippen LogP contribution in [0.15, 0.2) is 11.6 Å². The molecule has 0 aliphatic heterocycles. The summed E-state index contributed by atoms with van der Waals surface area (Å²) in [4.78, 5) is 10.3. The molecule has 0 aliphatic carbocycles. The van der Waals surface area contributed by atoms with Crippen LogP contribution < -0.4 is 0 Å². The first-order valence-electron chi connectivity index (χ1n) is 5.04. The second-order valence-corrected chi connectivity index (χ2v) is 3.47. The number of carbonyl (C=O) groups is 1. The minimum atomic E-state index is -0.734. The van der Waals surface area contributed by atoms with Gasteiger partial charge in [0.05, 0.1) is 6.42 Å². The number of aliphatic carboxylic acids is 1. The number of unbranched alkanes of at least 4 members (excludes halogenated alkanes) is 4. The molecule has 2 heteroatoms. The van der Waals surface area contributed by atoms with Crippen molar-refractivity contribution in [3.8, 4) is 0 Å². The van der Waals surface area contributed by atoms with E-state index in [0.29, 0.717) is 0 Å². The summed E-state index contributed by atoms with van der Waals surface area (Å²) in [5, 5.41) is 8.48. The predicted molar refractivity (Wildman–Crippen MR) is 54.8 cm³/mol. The van der Waals surface area contributed by atoms with Crippen molar-refractivity contribution in [2.75, 3.05) is 0 Å². The Kier molecular flexibility index (Phi) is 7.36. The SMILES string of the molecule is CCCCCC/C=C(/C)CC(=O)O. The first-order valence-corrected chi connectivity index (χ1v) is 5.04. The highest BCUT2D eigenvalue weighted by molar-refractivity contribution is 5.69. The molecule has 0 fully saturated rings. The molecule has 0 amide bonds. The van der Waals surface area contributed by atoms with Gasteiger partial charge in [0.1, 0.15) is 0 Å². The summed E-state index contributed by atoms with van der Waals surface area (Å²) in [6, 6.07) is 0. The largest absolute Gasteiger partial charge is 0.481 e. The molecule has 0 aromatic heterocycles. The van der Waals surface area contributed by atoms with Crippen molar-refractivity contribution in [1.82, 2.24) is 0 Å². The molecule has 0 saturated heterocycles. The van der Waals surface area contributed by atoms with Gasteiger partial charge < -0.3 is 5.11 Å². The van der Waals surface area contributed by atoms with Gasteiger partial charge >= 0.3 is 5.97 Å². The molecule has 0 rings (SSSR count). The van der Waals surface area contributed by atoms with E-state index in [9.17, 15) is 4.79 Å². The maximum Gasteiger partial charge on any atom is 0.307 e. The fourth-order valence-electron chi connectivity index (χ4n) is 1.23. The lowest BCUT2D eigenvalue weighted by atomic mass is 10.1. The summed E-state index contributed by atoms with van der Waals surface area (Å²) in [5.74, 6) is -0.734. The quantitative estimate of drug-likeness (QED) is 0.486. The first-order chi connectivity index (χ1) is 6.16. The van der Waals surface area contributed by atoms with E-state index in [1.807, 2.05) is 13.0 Å². The highest BCUT2D eigenvalue weighted by Crippen LogP contribution is 2.07. The molecule has 0 bridgehead atoms. The molecular weight excluding hydrogens is 164 g/mol. The number of carboxylic acids is 1. The highest BCUT2D eigenvalue weighted by atomic mass is 16.4. The molecule has 2 nitrogen and oxygen atoms in total. The Balaban J connectivity index is 3.42. The van der Waals surface area contributed by atoms with Gasteiger partial charge in [-0.3, -0.25) is 4.79 Å². The Morgan fingerprint density at radius 3 is 2.54 bits per heavy atom. The summed E-state index contributed by atoms with van der Waals surface area (Å²) >= 11 is 0. The van der Waals surface area contributed by atoms with Crippen LogP contribution in [-0.4, -0.2) is 11.1 Å². The fraction of sp³-hybridized carbons (Fsp3) is 0.727. The number of hydrogen-bond acceptors (Lipinski definition) is 1. The van der Waals surface area contributed by atoms with Crippen LogP contribution in [0, 0.1) is 0 Å². The second kappa shape index (κ2) is 7.84. The molecule has 1 N–H and O–H groups in total. The average Bonchev–Trinajstić information content (AvgIpc) is 2.02. The maximum absolute atomic E-state index is 10.3. The number of rotatable bonds is 7. The van der Waals surface area contributed by atoms with E-state index >= 15 is 0 Å². The van der Waals surface area contributed by atoms with Crippen molar-refractivity contribution >= 4 is 5.97 Å². The lowest BCUT2D eigenvalue weighted by Gasteiger charge is -1.97. The Bertz CT molecular complexity index is 171. The zero-order chi connectivity index (χ0) is 10.1. The second-order valence-electron chi connectivity index (χ2n) is 3.47. The normalized spacial score (nSPS) is 11.7. The number of allylic oxidation sites excluding steroid dienone is 1. The first kappa shape index (κ1) is 12.2. The Hall–Kier alpha value is -0.790. The molecule has 0 atom stereocenters. The molecule has 76 valence electrons. The number of hydrogen-bond donors (Lipinski definition) is 1. The van der Waals surface area contributed by atoms with Crippen LogP contribution in [0.25, 0.3) is 0 Å². The van der Waals surface area contributed by atoms with E-state index < -0.39 is 5.97 Å². The van der Waals surface area contributed by atoms with Crippen LogP contribution in [0.4, 0.5) is 0 Å². The molecule has 0 aromatic rings. The van der Waals surface area contributed by atoms with Crippen LogP contribution in [0.2, 0.25) is 0 Å². The molecule has 0 heterocycles. The van der Waals surface area contributed by atoms with Crippen molar-refractivity contribution in [1.29, 1.82) is 0 Å². The highest BCUT2D eigenvalue weighted by Gasteiger charge is 1.96. The Labute approximate surface area is 80.7 Å². The van der Waals surface area contributed by atoms with Crippen LogP contribution in [0.1, 0.15) is 52.4 Å². The summed E-state index contributed by atoms with van der Waals surface area (Å²) in [6.45, 7) is 4.07. The van der Waals surface area contributed by atoms with Gasteiger partial charge in [-0.1, -0.05) is 37.8 Å². The smallest absolute Gasteiger partial charge is 0.307 e. The standard InChI is InChI=1S/C11H20O2/c1-3-4-5-6-7-8-10(2)9-11(12)13/h8H,3-7,9H2,1-2H3,(H,12,13)/b10-8-. The van der Waals surface area contributed by atoms with Crippen LogP contribution in [0.5, 0.6) is 0 Å². The van der Waals surface area contributed by atoms with E-state index in [4.69, 9.17) is 5.11 Å². The topological polar surface area (TPSA) is 37.3 Å². The molecular formula is C11H20O2. The monoisotopic (exact) mass is 184 g/mol. The fourth-order valence-corrected chi connectivity index (χ4v) is 1.23. The zero-order valence-corrected chi connectivity index (χ0v) is 8.68. The minimum Gasteiger partial charge on any atom is -0.481 e. The van der Waals surface area contributed by atoms with Crippen molar-refractivity contribution in [3.63, 3.8) is 0 Å². The van der Waals surface area contributed by atoms with Crippen molar-refractivity contribution < 1.29 is 9.90 Å². The van der Waals surface area contributed by atoms with Gasteiger partial charge in [-0.25, -0.2) is 0 Å². The van der Waals surface area contributed by atoms with Gasteiger partial charge in [-0.2, -0.15) is 0 Å². The molecule has 0 aliphatic rings. The Morgan fingerprint density at radius 2 is 2.00 bits per heavy atom. The van der Waals surface area contributed by atoms with E-state index in [1.165, 1.54) is 25.7 Å². The molecule has 0 saturated carbocycles. The summed E-state index contributed by atoms with van der Waals surface area (Å²) in [7, 11) is 0. The van der Waals surface area contributed by atoms with Gasteiger partial charge in [0.15, 0.2) is 0 Å². The molecule has 0 unspecified atom stereocenters. The Morgan fingerprint density at radius 1 is 1.31 bits per heavy atom. The molecule has 0 aromatic carbocycles. The third-order valence-corrected chi connectivity index (χ3v) is 1.98. The number of carboxylic acid groups (broad SMARTS) is 1. The average molecular weight is 184 g/mol. The lowest BCUT2D eigenvalue weighted by Crippen LogP contribution is -1.94. The molecule has 13 heavy (non-hydrogen) atoms. The van der Waals surface area contributed by atoms with Gasteiger partial charge in [-0.15, -0.1) is 0 Å². The van der Waals surface area contributed by atoms with Crippen molar-refractivity contribution in [2.45, 2.75) is 52.4 Å². The van der Waals surface area contributed by atoms with E-state index in [-0.39, 0.29) is 6.42 Å². The van der Waals surface area contributed by atoms with Gasteiger partial charge in [0.2, 0.25) is 0 Å². The summed E-state index contributed by atoms with van der Waals surface area (Å²) < 4.78 is 0. The third-order valence-electron chi connectivity index (χ3n) is 1.98. The van der Waals surface area contributed by atoms with Gasteiger partial charge in [0.25, 0.3) is 0 Å². The molecule has 0 radical (unpaired) electrons. The zero-order valence-electron chi connectivity index (χ0n) is 8.68. The van der Waals surface area contributed by atoms with Crippen molar-refractivity contribution in [2.24, 2.45) is 0 Å². The lowest BCUT2D eigenvalue weighted by molar-refractivity contribution is -0.136. The van der Waals surface area contributed by atoms with Crippen molar-refractivity contribution in [3.05, 3.63) is 11.6 Å².